The highest BCUT2D eigenvalue weighted by molar-refractivity contribution is 5.93. The molecular weight excluding hydrogens is 400 g/mol. The lowest BCUT2D eigenvalue weighted by molar-refractivity contribution is -0.150. The first-order chi connectivity index (χ1) is 15.0. The van der Waals surface area contributed by atoms with Gasteiger partial charge in [-0.15, -0.1) is 0 Å². The molecule has 3 aliphatic rings. The summed E-state index contributed by atoms with van der Waals surface area (Å²) in [5.41, 5.74) is 2.66. The van der Waals surface area contributed by atoms with Gasteiger partial charge in [0.2, 0.25) is 11.8 Å². The molecule has 2 unspecified atom stereocenters. The number of hydrogen-bond acceptors (Lipinski definition) is 6. The minimum atomic E-state index is -0.972. The van der Waals surface area contributed by atoms with Crippen molar-refractivity contribution in [1.82, 2.24) is 15.3 Å². The Hall–Kier alpha value is -2.81. The molecule has 1 saturated carbocycles. The summed E-state index contributed by atoms with van der Waals surface area (Å²) in [6, 6.07) is 9.04. The maximum atomic E-state index is 13.6. The molecule has 2 aliphatic heterocycles. The summed E-state index contributed by atoms with van der Waals surface area (Å²) in [6.07, 6.45) is 1.70. The minimum absolute atomic E-state index is 0.160. The Morgan fingerprint density at radius 3 is 2.39 bits per heavy atom. The van der Waals surface area contributed by atoms with Crippen LogP contribution in [0.5, 0.6) is 0 Å². The van der Waals surface area contributed by atoms with E-state index in [0.717, 1.165) is 18.5 Å². The van der Waals surface area contributed by atoms with Crippen LogP contribution in [0.25, 0.3) is 0 Å². The van der Waals surface area contributed by atoms with Gasteiger partial charge in [-0.25, -0.2) is 10.3 Å². The number of piperidine rings is 1. The van der Waals surface area contributed by atoms with Crippen molar-refractivity contribution in [2.45, 2.75) is 32.2 Å². The lowest BCUT2D eigenvalue weighted by Gasteiger charge is -2.45. The van der Waals surface area contributed by atoms with Gasteiger partial charge in [0.05, 0.1) is 12.5 Å². The van der Waals surface area contributed by atoms with Crippen molar-refractivity contribution in [3.63, 3.8) is 0 Å². The van der Waals surface area contributed by atoms with Gasteiger partial charge in [0.25, 0.3) is 0 Å². The molecule has 1 aromatic rings. The second-order valence-electron chi connectivity index (χ2n) is 8.71. The predicted molar refractivity (Wildman–Crippen MR) is 112 cm³/mol. The Bertz CT molecular complexity index is 820. The fourth-order valence-corrected chi connectivity index (χ4v) is 4.88. The van der Waals surface area contributed by atoms with Crippen LogP contribution >= 0.6 is 0 Å². The van der Waals surface area contributed by atoms with Gasteiger partial charge < -0.3 is 14.5 Å². The summed E-state index contributed by atoms with van der Waals surface area (Å²) in [5.74, 6) is -1.68. The highest BCUT2D eigenvalue weighted by Gasteiger charge is 2.57. The van der Waals surface area contributed by atoms with Gasteiger partial charge in [0.1, 0.15) is 6.04 Å². The van der Waals surface area contributed by atoms with Crippen molar-refractivity contribution in [2.75, 3.05) is 44.2 Å². The number of para-hydroxylation sites is 1. The normalized spacial score (nSPS) is 24.6. The van der Waals surface area contributed by atoms with Gasteiger partial charge in [0, 0.05) is 38.4 Å². The van der Waals surface area contributed by atoms with Crippen molar-refractivity contribution in [3.05, 3.63) is 30.3 Å². The van der Waals surface area contributed by atoms with Gasteiger partial charge >= 0.3 is 6.09 Å². The summed E-state index contributed by atoms with van der Waals surface area (Å²) >= 11 is 0. The average Bonchev–Trinajstić information content (AvgIpc) is 3.56. The third-order valence-corrected chi connectivity index (χ3v) is 6.75. The molecular formula is C22H30N4O5. The van der Waals surface area contributed by atoms with Crippen LogP contribution in [0.3, 0.4) is 0 Å². The van der Waals surface area contributed by atoms with Crippen LogP contribution in [0, 0.1) is 11.3 Å². The average molecular weight is 431 g/mol. The number of carbonyl (C=O) groups excluding carboxylic acids is 3. The van der Waals surface area contributed by atoms with E-state index >= 15 is 0 Å². The third-order valence-electron chi connectivity index (χ3n) is 6.75. The fourth-order valence-electron chi connectivity index (χ4n) is 4.88. The lowest BCUT2D eigenvalue weighted by Crippen LogP contribution is -2.63. The van der Waals surface area contributed by atoms with E-state index in [2.05, 4.69) is 4.90 Å². The largest absolute Gasteiger partial charge is 0.450 e. The van der Waals surface area contributed by atoms with Crippen molar-refractivity contribution in [3.8, 4) is 0 Å². The van der Waals surface area contributed by atoms with E-state index in [1.165, 1.54) is 4.90 Å². The number of likely N-dealkylation sites (tertiary alicyclic amines) is 1. The quantitative estimate of drug-likeness (QED) is 0.554. The third kappa shape index (κ3) is 4.32. The highest BCUT2D eigenvalue weighted by Crippen LogP contribution is 2.55. The predicted octanol–water partition coefficient (Wildman–Crippen LogP) is 1.47. The summed E-state index contributed by atoms with van der Waals surface area (Å²) in [7, 11) is 0. The number of nitrogens with one attached hydrogen (secondary N) is 1. The molecule has 0 bridgehead atoms. The topological polar surface area (TPSA) is 102 Å². The van der Waals surface area contributed by atoms with E-state index in [1.807, 2.05) is 30.3 Å². The number of hydrogen-bond donors (Lipinski definition) is 2. The van der Waals surface area contributed by atoms with E-state index in [0.29, 0.717) is 39.1 Å². The van der Waals surface area contributed by atoms with Gasteiger partial charge in [-0.1, -0.05) is 18.2 Å². The van der Waals surface area contributed by atoms with Gasteiger partial charge in [-0.3, -0.25) is 19.7 Å². The summed E-state index contributed by atoms with van der Waals surface area (Å²) < 4.78 is 5.22. The molecule has 1 aliphatic carbocycles. The summed E-state index contributed by atoms with van der Waals surface area (Å²) in [4.78, 5) is 44.2. The van der Waals surface area contributed by atoms with Crippen molar-refractivity contribution < 1.29 is 24.3 Å². The Kier molecular flexibility index (Phi) is 6.04. The lowest BCUT2D eigenvalue weighted by atomic mass is 9.80. The number of carbonyl (C=O) groups is 3. The molecule has 4 rings (SSSR count). The molecule has 3 fully saturated rings. The highest BCUT2D eigenvalue weighted by atomic mass is 16.6. The van der Waals surface area contributed by atoms with E-state index in [-0.39, 0.29) is 17.9 Å². The van der Waals surface area contributed by atoms with E-state index in [9.17, 15) is 19.6 Å². The SMILES string of the molecule is CCOC(=O)N1CC2(CC2)CC(C(=O)NO)C1C(=O)N1CCN(c2ccccc2)CC1. The number of rotatable bonds is 4. The van der Waals surface area contributed by atoms with Crippen LogP contribution in [0.4, 0.5) is 10.5 Å². The van der Waals surface area contributed by atoms with Crippen LogP contribution in [-0.4, -0.2) is 78.3 Å². The second-order valence-corrected chi connectivity index (χ2v) is 8.71. The van der Waals surface area contributed by atoms with E-state index < -0.39 is 24.0 Å². The van der Waals surface area contributed by atoms with Crippen LogP contribution in [0.15, 0.2) is 30.3 Å². The first-order valence-electron chi connectivity index (χ1n) is 10.9. The fraction of sp³-hybridized carbons (Fsp3) is 0.591. The number of anilines is 1. The molecule has 0 aromatic heterocycles. The van der Waals surface area contributed by atoms with Gasteiger partial charge in [-0.2, -0.15) is 0 Å². The summed E-state index contributed by atoms with van der Waals surface area (Å²) in [5, 5.41) is 9.31. The zero-order valence-corrected chi connectivity index (χ0v) is 17.8. The molecule has 1 aromatic carbocycles. The van der Waals surface area contributed by atoms with Crippen molar-refractivity contribution in [1.29, 1.82) is 0 Å². The number of benzene rings is 1. The number of amides is 3. The first-order valence-corrected chi connectivity index (χ1v) is 10.9. The monoisotopic (exact) mass is 430 g/mol. The maximum Gasteiger partial charge on any atom is 0.410 e. The van der Waals surface area contributed by atoms with Crippen LogP contribution in [-0.2, 0) is 14.3 Å². The summed E-state index contributed by atoms with van der Waals surface area (Å²) in [6.45, 7) is 4.65. The number of hydroxylamine groups is 1. The smallest absolute Gasteiger partial charge is 0.410 e. The van der Waals surface area contributed by atoms with Crippen LogP contribution in [0.1, 0.15) is 26.2 Å². The standard InChI is InChI=1S/C22H30N4O5/c1-2-31-21(29)26-15-22(8-9-22)14-17(19(27)23-30)18(26)20(28)25-12-10-24(11-13-25)16-6-4-3-5-7-16/h3-7,17-18,30H,2,8-15H2,1H3,(H,23,27). The second kappa shape index (κ2) is 8.74. The van der Waals surface area contributed by atoms with Crippen molar-refractivity contribution >= 4 is 23.6 Å². The molecule has 9 nitrogen and oxygen atoms in total. The number of piperazine rings is 1. The molecule has 2 atom stereocenters. The Labute approximate surface area is 181 Å². The number of nitrogens with zero attached hydrogens (tertiary/aromatic N) is 3. The van der Waals surface area contributed by atoms with E-state index in [1.54, 1.807) is 17.3 Å². The van der Waals surface area contributed by atoms with E-state index in [4.69, 9.17) is 4.74 Å². The Morgan fingerprint density at radius 1 is 1.13 bits per heavy atom. The molecule has 31 heavy (non-hydrogen) atoms. The molecule has 2 N–H and O–H groups in total. The van der Waals surface area contributed by atoms with Gasteiger partial charge in [-0.05, 0) is 43.7 Å². The molecule has 3 amide bonds. The van der Waals surface area contributed by atoms with Crippen molar-refractivity contribution in [2.24, 2.45) is 11.3 Å². The molecule has 168 valence electrons. The zero-order chi connectivity index (χ0) is 22.0. The number of ether oxygens (including phenoxy) is 1. The first kappa shape index (κ1) is 21.4. The zero-order valence-electron chi connectivity index (χ0n) is 17.8. The molecule has 2 heterocycles. The maximum absolute atomic E-state index is 13.6. The van der Waals surface area contributed by atoms with Crippen LogP contribution in [0.2, 0.25) is 0 Å². The van der Waals surface area contributed by atoms with Crippen LogP contribution < -0.4 is 10.4 Å². The molecule has 0 radical (unpaired) electrons. The van der Waals surface area contributed by atoms with Gasteiger partial charge in [0.15, 0.2) is 0 Å². The Balaban J connectivity index is 1.52. The molecule has 2 saturated heterocycles. The molecule has 9 heteroatoms. The Morgan fingerprint density at radius 2 is 1.81 bits per heavy atom. The minimum Gasteiger partial charge on any atom is -0.450 e. The molecule has 1 spiro atoms.